The first-order valence-electron chi connectivity index (χ1n) is 0. The van der Waals surface area contributed by atoms with E-state index in [1.807, 2.05) is 0 Å². The van der Waals surface area contributed by atoms with Crippen LogP contribution < -0.4 is 0 Å². The fourth-order valence-corrected chi connectivity index (χ4v) is 0. The van der Waals surface area contributed by atoms with Crippen molar-refractivity contribution in [2.24, 2.45) is 0 Å². The van der Waals surface area contributed by atoms with Crippen LogP contribution >= 0.6 is 67.9 Å². The number of hydrogen-bond acceptors (Lipinski definition) is 0. The third kappa shape index (κ3) is 28.2. The molecule has 0 aliphatic heterocycles. The first-order chi connectivity index (χ1) is 0. The molecule has 0 nitrogen and oxygen atoms in total. The van der Waals surface area contributed by atoms with Crippen molar-refractivity contribution in [1.29, 1.82) is 0 Å². The second-order valence-corrected chi connectivity index (χ2v) is 0. The van der Waals surface area contributed by atoms with E-state index in [2.05, 4.69) is 0 Å². The van der Waals surface area contributed by atoms with Gasteiger partial charge in [0.15, 0.2) is 0 Å². The van der Waals surface area contributed by atoms with Crippen molar-refractivity contribution >= 4 is 102 Å². The topological polar surface area (TPSA) is 0 Å². The Bertz CT molecular complexity index is 5.51. The summed E-state index contributed by atoms with van der Waals surface area (Å²) in [5.41, 5.74) is 0. The molecule has 4 radical (unpaired) electrons. The van der Waals surface area contributed by atoms with Gasteiger partial charge in [0.05, 0.1) is 0 Å². The van der Waals surface area contributed by atoms with Crippen LogP contribution in [0.15, 0.2) is 0 Å². The first-order valence-corrected chi connectivity index (χ1v) is 0. The molecule has 0 atom stereocenters. The van der Waals surface area contributed by atoms with Gasteiger partial charge in [0.25, 0.3) is 0 Å². The summed E-state index contributed by atoms with van der Waals surface area (Å²) in [7, 11) is 0. The Morgan fingerprint density at radius 1 is 0.333 bits per heavy atom. The molecule has 0 N–H and O–H groups in total. The normalized spacial score (nSPS) is 0. The maximum absolute atomic E-state index is 0. The minimum absolute atomic E-state index is 0. The predicted octanol–water partition coefficient (Wildman–Crippen LogP) is 1.55. The van der Waals surface area contributed by atoms with E-state index in [-0.39, 0.29) is 102 Å². The van der Waals surface area contributed by atoms with Crippen molar-refractivity contribution in [2.45, 2.75) is 0 Å². The second kappa shape index (κ2) is 44.0. The molecule has 0 unspecified atom stereocenters. The van der Waals surface area contributed by atoms with Gasteiger partial charge in [-0.2, -0.15) is 0 Å². The van der Waals surface area contributed by atoms with E-state index in [1.165, 1.54) is 0 Å². The third-order valence-corrected chi connectivity index (χ3v) is 0. The Kier molecular flexibility index (Phi) is 476. The van der Waals surface area contributed by atoms with Crippen molar-refractivity contribution in [3.63, 3.8) is 0 Å². The van der Waals surface area contributed by atoms with E-state index in [4.69, 9.17) is 0 Å². The molecule has 0 aromatic rings. The van der Waals surface area contributed by atoms with E-state index < -0.39 is 0 Å². The second-order valence-electron chi connectivity index (χ2n) is 0. The van der Waals surface area contributed by atoms with Crippen LogP contribution in [-0.2, 0) is 0 Å². The molecule has 0 fully saturated rings. The molecule has 0 rings (SSSR count). The van der Waals surface area contributed by atoms with Crippen molar-refractivity contribution in [1.82, 2.24) is 0 Å². The van der Waals surface area contributed by atoms with Crippen LogP contribution in [0.5, 0.6) is 0 Å². The number of rotatable bonds is 0. The van der Waals surface area contributed by atoms with Crippen molar-refractivity contribution < 1.29 is 0 Å². The monoisotopic (exact) mass is 480 g/mol. The number of halogens is 4. The van der Waals surface area contributed by atoms with Gasteiger partial charge in [0.2, 0.25) is 0 Å². The van der Waals surface area contributed by atoms with Gasteiger partial charge < -0.3 is 0 Å². The maximum Gasteiger partial charge on any atom is 0 e. The Morgan fingerprint density at radius 2 is 0.333 bits per heavy atom. The largest absolute Gasteiger partial charge is 0.114 e. The number of hydrogen-bond donors (Lipinski definition) is 0. The molecule has 0 bridgehead atoms. The summed E-state index contributed by atoms with van der Waals surface area (Å²) in [6.07, 6.45) is 0. The van der Waals surface area contributed by atoms with E-state index >= 15 is 0 Å². The molecular formula is H4Br4Se2. The summed E-state index contributed by atoms with van der Waals surface area (Å²) >= 11 is 0. The third-order valence-electron chi connectivity index (χ3n) is 0. The first kappa shape index (κ1) is 64.8. The summed E-state index contributed by atoms with van der Waals surface area (Å²) in [5, 5.41) is 0. The minimum atomic E-state index is 0. The van der Waals surface area contributed by atoms with Crippen LogP contribution in [0.4, 0.5) is 0 Å². The average Bonchev–Trinajstić information content (AvgIpc) is 0. The summed E-state index contributed by atoms with van der Waals surface area (Å²) < 4.78 is 0. The van der Waals surface area contributed by atoms with Gasteiger partial charge in [-0.25, -0.2) is 0 Å². The van der Waals surface area contributed by atoms with Crippen LogP contribution in [0.25, 0.3) is 0 Å². The van der Waals surface area contributed by atoms with Crippen LogP contribution in [0, 0.1) is 0 Å². The molecule has 0 saturated carbocycles. The van der Waals surface area contributed by atoms with Crippen LogP contribution in [-0.4, -0.2) is 34.1 Å². The smallest absolute Gasteiger partial charge is 0 e. The molecule has 0 aliphatic carbocycles. The summed E-state index contributed by atoms with van der Waals surface area (Å²) in [6.45, 7) is 0. The molecule has 0 amide bonds. The molecule has 0 saturated heterocycles. The molecule has 44 valence electrons. The van der Waals surface area contributed by atoms with Gasteiger partial charge in [-0.05, 0) is 0 Å². The van der Waals surface area contributed by atoms with Crippen LogP contribution in [0.2, 0.25) is 0 Å². The zero-order valence-corrected chi connectivity index (χ0v) is 12.7. The van der Waals surface area contributed by atoms with Crippen molar-refractivity contribution in [3.05, 3.63) is 0 Å². The van der Waals surface area contributed by atoms with E-state index in [0.29, 0.717) is 0 Å². The van der Waals surface area contributed by atoms with E-state index in [1.54, 1.807) is 0 Å². The fourth-order valence-electron chi connectivity index (χ4n) is 0. The minimum Gasteiger partial charge on any atom is -0.114 e. The summed E-state index contributed by atoms with van der Waals surface area (Å²) in [6, 6.07) is 0. The van der Waals surface area contributed by atoms with E-state index in [9.17, 15) is 0 Å². The van der Waals surface area contributed by atoms with Crippen LogP contribution in [0.1, 0.15) is 0 Å². The van der Waals surface area contributed by atoms with Crippen molar-refractivity contribution in [2.75, 3.05) is 0 Å². The van der Waals surface area contributed by atoms with Gasteiger partial charge in [0, 0.05) is 34.1 Å². The van der Waals surface area contributed by atoms with Crippen LogP contribution in [0.3, 0.4) is 0 Å². The van der Waals surface area contributed by atoms with E-state index in [0.717, 1.165) is 0 Å². The van der Waals surface area contributed by atoms with Gasteiger partial charge in [-0.1, -0.05) is 0 Å². The molecular weight excluding hydrogens is 478 g/mol. The molecule has 0 aromatic heterocycles. The van der Waals surface area contributed by atoms with Gasteiger partial charge in [-0.3, -0.25) is 0 Å². The van der Waals surface area contributed by atoms with Gasteiger partial charge >= 0.3 is 0 Å². The fraction of sp³-hybridized carbons (Fsp3) is 0. The molecule has 0 heterocycles. The molecule has 0 spiro atoms. The SMILES string of the molecule is Br.Br.Br.Br.[Se].[Se]. The predicted molar refractivity (Wildman–Crippen MR) is 52.8 cm³/mol. The Hall–Kier alpha value is 2.96. The van der Waals surface area contributed by atoms with Crippen molar-refractivity contribution in [3.8, 4) is 0 Å². The zero-order valence-electron chi connectivity index (χ0n) is 2.45. The van der Waals surface area contributed by atoms with Gasteiger partial charge in [-0.15, -0.1) is 67.9 Å². The average molecular weight is 482 g/mol. The Balaban J connectivity index is 0. The maximum atomic E-state index is 0. The Morgan fingerprint density at radius 3 is 0.333 bits per heavy atom. The summed E-state index contributed by atoms with van der Waals surface area (Å²) in [4.78, 5) is 0. The Labute approximate surface area is 101 Å². The molecule has 0 aromatic carbocycles. The zero-order chi connectivity index (χ0) is 0. The summed E-state index contributed by atoms with van der Waals surface area (Å²) in [5.74, 6) is 0. The quantitative estimate of drug-likeness (QED) is 0.461. The molecule has 0 aliphatic rings. The molecule has 6 heteroatoms. The van der Waals surface area contributed by atoms with Gasteiger partial charge in [0.1, 0.15) is 0 Å². The molecule has 6 heavy (non-hydrogen) atoms. The standard InChI is InChI=1S/4BrH.2Se/h4*1H;;.